The molecular weight excluding hydrogens is 230 g/mol. The van der Waals surface area contributed by atoms with Gasteiger partial charge in [0.15, 0.2) is 0 Å². The van der Waals surface area contributed by atoms with Crippen LogP contribution in [0.2, 0.25) is 0 Å². The number of aliphatic carboxylic acids is 1. The number of carboxylic acid groups (broad SMARTS) is 1. The number of hydrogen-bond donors (Lipinski definition) is 2. The Bertz CT molecular complexity index is 378. The fourth-order valence-electron chi connectivity index (χ4n) is 2.90. The summed E-state index contributed by atoms with van der Waals surface area (Å²) in [5.41, 5.74) is 0. The van der Waals surface area contributed by atoms with E-state index in [1.807, 2.05) is 0 Å². The van der Waals surface area contributed by atoms with E-state index < -0.39 is 16.0 Å². The lowest BCUT2D eigenvalue weighted by atomic mass is 9.96. The van der Waals surface area contributed by atoms with E-state index in [1.54, 1.807) is 0 Å². The average Bonchev–Trinajstić information content (AvgIpc) is 2.75. The Morgan fingerprint density at radius 2 is 2.06 bits per heavy atom. The molecule has 16 heavy (non-hydrogen) atoms. The Morgan fingerprint density at radius 3 is 2.56 bits per heavy atom. The van der Waals surface area contributed by atoms with Crippen molar-refractivity contribution in [2.45, 2.75) is 38.1 Å². The third kappa shape index (κ3) is 2.74. The second kappa shape index (κ2) is 4.33. The molecule has 0 saturated heterocycles. The number of fused-ring (bicyclic) bond motifs is 2. The zero-order valence-corrected chi connectivity index (χ0v) is 9.87. The molecule has 0 aromatic rings. The van der Waals surface area contributed by atoms with Gasteiger partial charge in [-0.15, -0.1) is 0 Å². The van der Waals surface area contributed by atoms with Crippen molar-refractivity contribution in [2.24, 2.45) is 11.8 Å². The topological polar surface area (TPSA) is 83.5 Å². The molecule has 2 aliphatic rings. The summed E-state index contributed by atoms with van der Waals surface area (Å²) in [7, 11) is -3.41. The first-order chi connectivity index (χ1) is 7.46. The molecular formula is C10H17NO4S. The highest BCUT2D eigenvalue weighted by Gasteiger charge is 2.40. The van der Waals surface area contributed by atoms with Gasteiger partial charge >= 0.3 is 5.97 Å². The van der Waals surface area contributed by atoms with Gasteiger partial charge in [0.1, 0.15) is 0 Å². The molecule has 0 aromatic heterocycles. The molecule has 2 saturated carbocycles. The van der Waals surface area contributed by atoms with Gasteiger partial charge in [0.05, 0.1) is 12.2 Å². The maximum atomic E-state index is 11.6. The molecule has 3 atom stereocenters. The number of nitrogens with one attached hydrogen (secondary N) is 1. The number of sulfonamides is 1. The second-order valence-corrected chi connectivity index (χ2v) is 6.74. The summed E-state index contributed by atoms with van der Waals surface area (Å²) in [5.74, 6) is -0.226. The van der Waals surface area contributed by atoms with Crippen molar-refractivity contribution in [3.8, 4) is 0 Å². The van der Waals surface area contributed by atoms with Crippen LogP contribution in [-0.4, -0.2) is 31.3 Å². The van der Waals surface area contributed by atoms with Gasteiger partial charge < -0.3 is 5.11 Å². The van der Waals surface area contributed by atoms with E-state index in [0.717, 1.165) is 19.3 Å². The third-order valence-corrected chi connectivity index (χ3v) is 5.06. The molecule has 2 rings (SSSR count). The monoisotopic (exact) mass is 247 g/mol. The lowest BCUT2D eigenvalue weighted by molar-refractivity contribution is -0.136. The van der Waals surface area contributed by atoms with Gasteiger partial charge in [-0.05, 0) is 31.1 Å². The lowest BCUT2D eigenvalue weighted by Gasteiger charge is -2.22. The minimum absolute atomic E-state index is 0.0533. The molecule has 0 radical (unpaired) electrons. The van der Waals surface area contributed by atoms with Crippen molar-refractivity contribution < 1.29 is 18.3 Å². The number of rotatable bonds is 5. The SMILES string of the molecule is O=C(O)CCS(=O)(=O)NC1CC2CCC1C2. The Hall–Kier alpha value is -0.620. The molecule has 0 heterocycles. The smallest absolute Gasteiger partial charge is 0.304 e. The van der Waals surface area contributed by atoms with Crippen LogP contribution in [0.1, 0.15) is 32.1 Å². The van der Waals surface area contributed by atoms with E-state index in [-0.39, 0.29) is 18.2 Å². The normalized spacial score (nSPS) is 33.1. The molecule has 2 fully saturated rings. The summed E-state index contributed by atoms with van der Waals surface area (Å²) in [6.45, 7) is 0. The summed E-state index contributed by atoms with van der Waals surface area (Å²) in [4.78, 5) is 10.3. The Morgan fingerprint density at radius 1 is 1.31 bits per heavy atom. The van der Waals surface area contributed by atoms with Crippen molar-refractivity contribution in [1.29, 1.82) is 0 Å². The Labute approximate surface area is 95.3 Å². The van der Waals surface area contributed by atoms with E-state index in [9.17, 15) is 13.2 Å². The molecule has 0 aliphatic heterocycles. The molecule has 2 N–H and O–H groups in total. The highest BCUT2D eigenvalue weighted by Crippen LogP contribution is 2.44. The Balaban J connectivity index is 1.86. The van der Waals surface area contributed by atoms with Crippen LogP contribution >= 0.6 is 0 Å². The van der Waals surface area contributed by atoms with Gasteiger partial charge in [0.25, 0.3) is 0 Å². The summed E-state index contributed by atoms with van der Waals surface area (Å²) in [6.07, 6.45) is 4.06. The largest absolute Gasteiger partial charge is 0.481 e. The summed E-state index contributed by atoms with van der Waals surface area (Å²) in [6, 6.07) is 0.0533. The zero-order chi connectivity index (χ0) is 11.8. The van der Waals surface area contributed by atoms with Crippen molar-refractivity contribution >= 4 is 16.0 Å². The highest BCUT2D eigenvalue weighted by molar-refractivity contribution is 7.89. The first kappa shape index (κ1) is 11.9. The van der Waals surface area contributed by atoms with Crippen LogP contribution in [0, 0.1) is 11.8 Å². The maximum Gasteiger partial charge on any atom is 0.304 e. The fraction of sp³-hybridized carbons (Fsp3) is 0.900. The van der Waals surface area contributed by atoms with Gasteiger partial charge in [0, 0.05) is 6.04 Å². The lowest BCUT2D eigenvalue weighted by Crippen LogP contribution is -2.40. The second-order valence-electron chi connectivity index (χ2n) is 4.86. The molecule has 0 aromatic carbocycles. The quantitative estimate of drug-likeness (QED) is 0.744. The third-order valence-electron chi connectivity index (χ3n) is 3.65. The number of hydrogen-bond acceptors (Lipinski definition) is 3. The predicted molar refractivity (Wildman–Crippen MR) is 58.4 cm³/mol. The zero-order valence-electron chi connectivity index (χ0n) is 9.05. The summed E-state index contributed by atoms with van der Waals surface area (Å²) < 4.78 is 25.8. The molecule has 2 bridgehead atoms. The van der Waals surface area contributed by atoms with Crippen LogP contribution in [0.15, 0.2) is 0 Å². The van der Waals surface area contributed by atoms with Crippen LogP contribution in [0.4, 0.5) is 0 Å². The van der Waals surface area contributed by atoms with Crippen LogP contribution in [0.3, 0.4) is 0 Å². The number of carbonyl (C=O) groups is 1. The fourth-order valence-corrected chi connectivity index (χ4v) is 4.21. The van der Waals surface area contributed by atoms with Gasteiger partial charge in [-0.1, -0.05) is 6.42 Å². The van der Waals surface area contributed by atoms with Gasteiger partial charge in [-0.3, -0.25) is 4.79 Å². The van der Waals surface area contributed by atoms with E-state index in [0.29, 0.717) is 11.8 Å². The van der Waals surface area contributed by atoms with Gasteiger partial charge in [-0.25, -0.2) is 13.1 Å². The van der Waals surface area contributed by atoms with Crippen molar-refractivity contribution in [2.75, 3.05) is 5.75 Å². The summed E-state index contributed by atoms with van der Waals surface area (Å²) >= 11 is 0. The summed E-state index contributed by atoms with van der Waals surface area (Å²) in [5, 5.41) is 8.45. The maximum absolute atomic E-state index is 11.6. The minimum atomic E-state index is -3.41. The Kier molecular flexibility index (Phi) is 3.21. The van der Waals surface area contributed by atoms with E-state index in [2.05, 4.69) is 4.72 Å². The van der Waals surface area contributed by atoms with Gasteiger partial charge in [-0.2, -0.15) is 0 Å². The minimum Gasteiger partial charge on any atom is -0.481 e. The van der Waals surface area contributed by atoms with Crippen molar-refractivity contribution in [3.05, 3.63) is 0 Å². The van der Waals surface area contributed by atoms with Gasteiger partial charge in [0.2, 0.25) is 10.0 Å². The van der Waals surface area contributed by atoms with E-state index in [1.165, 1.54) is 6.42 Å². The highest BCUT2D eigenvalue weighted by atomic mass is 32.2. The molecule has 0 spiro atoms. The van der Waals surface area contributed by atoms with Crippen LogP contribution in [0.25, 0.3) is 0 Å². The molecule has 5 nitrogen and oxygen atoms in total. The molecule has 3 unspecified atom stereocenters. The first-order valence-electron chi connectivity index (χ1n) is 5.68. The van der Waals surface area contributed by atoms with Crippen molar-refractivity contribution in [3.63, 3.8) is 0 Å². The average molecular weight is 247 g/mol. The molecule has 0 amide bonds. The van der Waals surface area contributed by atoms with Crippen LogP contribution < -0.4 is 4.72 Å². The van der Waals surface area contributed by atoms with Crippen molar-refractivity contribution in [1.82, 2.24) is 4.72 Å². The number of carboxylic acids is 1. The molecule has 92 valence electrons. The molecule has 6 heteroatoms. The first-order valence-corrected chi connectivity index (χ1v) is 7.33. The standard InChI is InChI=1S/C10H17NO4S/c12-10(13)3-4-16(14,15)11-9-6-7-1-2-8(9)5-7/h7-9,11H,1-6H2,(H,12,13). The van der Waals surface area contributed by atoms with E-state index >= 15 is 0 Å². The van der Waals surface area contributed by atoms with E-state index in [4.69, 9.17) is 5.11 Å². The van der Waals surface area contributed by atoms with Crippen LogP contribution in [0.5, 0.6) is 0 Å². The predicted octanol–water partition coefficient (Wildman–Crippen LogP) is 0.569. The molecule has 2 aliphatic carbocycles. The van der Waals surface area contributed by atoms with Crippen LogP contribution in [-0.2, 0) is 14.8 Å².